The van der Waals surface area contributed by atoms with Gasteiger partial charge in [-0.15, -0.1) is 0 Å². The van der Waals surface area contributed by atoms with Crippen molar-refractivity contribution in [3.8, 4) is 0 Å². The van der Waals surface area contributed by atoms with Gasteiger partial charge in [0.1, 0.15) is 4.90 Å². The first-order valence-electron chi connectivity index (χ1n) is 7.69. The summed E-state index contributed by atoms with van der Waals surface area (Å²) in [5.41, 5.74) is 0. The van der Waals surface area contributed by atoms with Crippen LogP contribution in [0.1, 0.15) is 33.6 Å². The SMILES string of the molecule is CCN(CC1CC1)S(=O)(=O)c1cnn(CCNC(C)C)c1. The molecule has 0 saturated heterocycles. The molecule has 0 amide bonds. The third-order valence-corrected chi connectivity index (χ3v) is 5.55. The van der Waals surface area contributed by atoms with Crippen molar-refractivity contribution in [1.82, 2.24) is 19.4 Å². The number of hydrogen-bond donors (Lipinski definition) is 1. The lowest BCUT2D eigenvalue weighted by molar-refractivity contribution is 0.412. The number of hydrogen-bond acceptors (Lipinski definition) is 4. The van der Waals surface area contributed by atoms with Gasteiger partial charge in [0.05, 0.1) is 12.7 Å². The molecule has 0 spiro atoms. The van der Waals surface area contributed by atoms with Crippen molar-refractivity contribution in [2.24, 2.45) is 5.92 Å². The minimum Gasteiger partial charge on any atom is -0.313 e. The average molecular weight is 314 g/mol. The van der Waals surface area contributed by atoms with Gasteiger partial charge in [-0.1, -0.05) is 20.8 Å². The second kappa shape index (κ2) is 6.89. The van der Waals surface area contributed by atoms with Crippen LogP contribution in [0.15, 0.2) is 17.3 Å². The minimum absolute atomic E-state index is 0.301. The highest BCUT2D eigenvalue weighted by Crippen LogP contribution is 2.31. The van der Waals surface area contributed by atoms with Gasteiger partial charge < -0.3 is 5.32 Å². The van der Waals surface area contributed by atoms with Crippen molar-refractivity contribution in [2.45, 2.75) is 51.1 Å². The predicted molar refractivity (Wildman–Crippen MR) is 82.5 cm³/mol. The number of nitrogens with one attached hydrogen (secondary N) is 1. The summed E-state index contributed by atoms with van der Waals surface area (Å²) in [6.45, 7) is 8.64. The van der Waals surface area contributed by atoms with Gasteiger partial charge in [0.2, 0.25) is 10.0 Å². The van der Waals surface area contributed by atoms with Crippen LogP contribution in [0.4, 0.5) is 0 Å². The molecule has 0 atom stereocenters. The van der Waals surface area contributed by atoms with Crippen LogP contribution in [0.5, 0.6) is 0 Å². The maximum absolute atomic E-state index is 12.6. The smallest absolute Gasteiger partial charge is 0.246 e. The second-order valence-electron chi connectivity index (χ2n) is 5.95. The Bertz CT molecular complexity index is 549. The van der Waals surface area contributed by atoms with Crippen LogP contribution in [-0.4, -0.2) is 48.2 Å². The highest BCUT2D eigenvalue weighted by Gasteiger charge is 2.31. The van der Waals surface area contributed by atoms with Crippen molar-refractivity contribution in [3.63, 3.8) is 0 Å². The van der Waals surface area contributed by atoms with Crippen molar-refractivity contribution in [3.05, 3.63) is 12.4 Å². The van der Waals surface area contributed by atoms with E-state index in [9.17, 15) is 8.42 Å². The summed E-state index contributed by atoms with van der Waals surface area (Å²) in [6.07, 6.45) is 5.38. The number of nitrogens with zero attached hydrogens (tertiary/aromatic N) is 3. The fourth-order valence-electron chi connectivity index (χ4n) is 2.20. The van der Waals surface area contributed by atoms with E-state index in [-0.39, 0.29) is 0 Å². The summed E-state index contributed by atoms with van der Waals surface area (Å²) in [5.74, 6) is 0.546. The molecule has 7 heteroatoms. The summed E-state index contributed by atoms with van der Waals surface area (Å²) < 4.78 is 28.4. The fourth-order valence-corrected chi connectivity index (χ4v) is 3.68. The highest BCUT2D eigenvalue weighted by molar-refractivity contribution is 7.89. The van der Waals surface area contributed by atoms with Crippen LogP contribution in [0.3, 0.4) is 0 Å². The summed E-state index contributed by atoms with van der Waals surface area (Å²) >= 11 is 0. The minimum atomic E-state index is -3.40. The predicted octanol–water partition coefficient (Wildman–Crippen LogP) is 1.30. The molecule has 1 N–H and O–H groups in total. The molecule has 2 rings (SSSR count). The summed E-state index contributed by atoms with van der Waals surface area (Å²) in [6, 6.07) is 0.415. The molecule has 0 aliphatic heterocycles. The molecule has 0 unspecified atom stereocenters. The first-order valence-corrected chi connectivity index (χ1v) is 9.13. The lowest BCUT2D eigenvalue weighted by atomic mass is 10.4. The molecule has 21 heavy (non-hydrogen) atoms. The van der Waals surface area contributed by atoms with Gasteiger partial charge in [-0.2, -0.15) is 9.40 Å². The van der Waals surface area contributed by atoms with E-state index in [1.54, 1.807) is 15.2 Å². The molecule has 1 aliphatic rings. The van der Waals surface area contributed by atoms with Crippen LogP contribution < -0.4 is 5.32 Å². The van der Waals surface area contributed by atoms with E-state index in [2.05, 4.69) is 24.3 Å². The van der Waals surface area contributed by atoms with E-state index in [1.807, 2.05) is 6.92 Å². The van der Waals surface area contributed by atoms with Crippen molar-refractivity contribution in [2.75, 3.05) is 19.6 Å². The van der Waals surface area contributed by atoms with Gasteiger partial charge in [0, 0.05) is 31.9 Å². The fraction of sp³-hybridized carbons (Fsp3) is 0.786. The van der Waals surface area contributed by atoms with E-state index in [0.29, 0.717) is 36.5 Å². The summed E-state index contributed by atoms with van der Waals surface area (Å²) in [4.78, 5) is 0.301. The van der Waals surface area contributed by atoms with Gasteiger partial charge in [-0.3, -0.25) is 4.68 Å². The molecule has 1 fully saturated rings. The Morgan fingerprint density at radius 3 is 2.76 bits per heavy atom. The largest absolute Gasteiger partial charge is 0.313 e. The molecule has 120 valence electrons. The molecule has 1 aliphatic carbocycles. The van der Waals surface area contributed by atoms with Crippen molar-refractivity contribution >= 4 is 10.0 Å². The van der Waals surface area contributed by atoms with Crippen LogP contribution in [0.25, 0.3) is 0 Å². The number of aromatic nitrogens is 2. The Morgan fingerprint density at radius 1 is 1.48 bits per heavy atom. The van der Waals surface area contributed by atoms with Crippen molar-refractivity contribution < 1.29 is 8.42 Å². The normalized spacial score (nSPS) is 16.0. The Kier molecular flexibility index (Phi) is 5.40. The topological polar surface area (TPSA) is 67.2 Å². The van der Waals surface area contributed by atoms with Crippen molar-refractivity contribution in [1.29, 1.82) is 0 Å². The zero-order valence-corrected chi connectivity index (χ0v) is 13.9. The van der Waals surface area contributed by atoms with Gasteiger partial charge in [-0.05, 0) is 18.8 Å². The zero-order chi connectivity index (χ0) is 15.5. The van der Waals surface area contributed by atoms with Gasteiger partial charge in [-0.25, -0.2) is 8.42 Å². The van der Waals surface area contributed by atoms with E-state index < -0.39 is 10.0 Å². The third kappa shape index (κ3) is 4.52. The first kappa shape index (κ1) is 16.5. The number of sulfonamides is 1. The molecule has 1 saturated carbocycles. The van der Waals surface area contributed by atoms with Crippen LogP contribution in [-0.2, 0) is 16.6 Å². The standard InChI is InChI=1S/C14H26N4O2S/c1-4-18(10-13-5-6-13)21(19,20)14-9-16-17(11-14)8-7-15-12(2)3/h9,11-13,15H,4-8,10H2,1-3H3. The molecule has 0 aromatic carbocycles. The van der Waals surface area contributed by atoms with Gasteiger partial charge >= 0.3 is 0 Å². The van der Waals surface area contributed by atoms with E-state index >= 15 is 0 Å². The Morgan fingerprint density at radius 2 is 2.19 bits per heavy atom. The van der Waals surface area contributed by atoms with Gasteiger partial charge in [0.25, 0.3) is 0 Å². The Labute approximate surface area is 127 Å². The van der Waals surface area contributed by atoms with E-state index in [0.717, 1.165) is 19.4 Å². The second-order valence-corrected chi connectivity index (χ2v) is 7.88. The Hall–Kier alpha value is -0.920. The highest BCUT2D eigenvalue weighted by atomic mass is 32.2. The Balaban J connectivity index is 2.00. The van der Waals surface area contributed by atoms with E-state index in [1.165, 1.54) is 6.20 Å². The molecule has 1 aromatic heterocycles. The first-order chi connectivity index (χ1) is 9.93. The molecule has 0 bridgehead atoms. The van der Waals surface area contributed by atoms with Gasteiger partial charge in [0.15, 0.2) is 0 Å². The maximum atomic E-state index is 12.6. The molecule has 6 nitrogen and oxygen atoms in total. The molecule has 0 radical (unpaired) electrons. The lowest BCUT2D eigenvalue weighted by Crippen LogP contribution is -2.32. The third-order valence-electron chi connectivity index (χ3n) is 3.65. The maximum Gasteiger partial charge on any atom is 0.246 e. The molecule has 1 aromatic rings. The van der Waals surface area contributed by atoms with E-state index in [4.69, 9.17) is 0 Å². The summed E-state index contributed by atoms with van der Waals surface area (Å²) in [7, 11) is -3.40. The molecular weight excluding hydrogens is 288 g/mol. The zero-order valence-electron chi connectivity index (χ0n) is 13.1. The quantitative estimate of drug-likeness (QED) is 0.746. The van der Waals surface area contributed by atoms with Crippen LogP contribution in [0.2, 0.25) is 0 Å². The van der Waals surface area contributed by atoms with Crippen LogP contribution >= 0.6 is 0 Å². The van der Waals surface area contributed by atoms with Crippen LogP contribution in [0, 0.1) is 5.92 Å². The molecular formula is C14H26N4O2S. The monoisotopic (exact) mass is 314 g/mol. The lowest BCUT2D eigenvalue weighted by Gasteiger charge is -2.19. The average Bonchev–Trinajstić information content (AvgIpc) is 3.11. The molecule has 1 heterocycles. The number of rotatable bonds is 9. The summed E-state index contributed by atoms with van der Waals surface area (Å²) in [5, 5.41) is 7.45.